The molecule has 4 nitrogen and oxygen atoms in total. The van der Waals surface area contributed by atoms with E-state index in [0.717, 1.165) is 16.7 Å². The Morgan fingerprint density at radius 2 is 0.842 bits per heavy atom. The first-order valence-electron chi connectivity index (χ1n) is 19.0. The minimum atomic E-state index is 0.665. The van der Waals surface area contributed by atoms with Crippen molar-refractivity contribution in [3.63, 3.8) is 0 Å². The first-order valence-corrected chi connectivity index (χ1v) is 20.6. The third-order valence-electron chi connectivity index (χ3n) is 11.1. The van der Waals surface area contributed by atoms with Crippen LogP contribution in [-0.2, 0) is 0 Å². The van der Waals surface area contributed by atoms with Crippen LogP contribution in [0.4, 0.5) is 0 Å². The van der Waals surface area contributed by atoms with Crippen LogP contribution in [0.5, 0.6) is 0 Å². The highest BCUT2D eigenvalue weighted by Crippen LogP contribution is 2.43. The summed E-state index contributed by atoms with van der Waals surface area (Å²) in [5, 5.41) is 7.62. The van der Waals surface area contributed by atoms with Crippen molar-refractivity contribution in [2.75, 3.05) is 0 Å². The summed E-state index contributed by atoms with van der Waals surface area (Å²) in [5.41, 5.74) is 8.99. The van der Waals surface area contributed by atoms with Gasteiger partial charge in [0.05, 0.1) is 16.7 Å². The summed E-state index contributed by atoms with van der Waals surface area (Å²) >= 11 is 3.68. The summed E-state index contributed by atoms with van der Waals surface area (Å²) in [5.74, 6) is 2.00. The second-order valence-electron chi connectivity index (χ2n) is 14.4. The smallest absolute Gasteiger partial charge is 0.164 e. The lowest BCUT2D eigenvalue weighted by Gasteiger charge is -2.10. The summed E-state index contributed by atoms with van der Waals surface area (Å²) in [6, 6.07) is 65.0. The molecule has 266 valence electrons. The monoisotopic (exact) mass is 762 g/mol. The number of nitrogens with zero attached hydrogens (tertiary/aromatic N) is 4. The molecule has 0 N–H and O–H groups in total. The molecule has 0 aliphatic rings. The highest BCUT2D eigenvalue weighted by atomic mass is 32.1. The number of rotatable bonds is 5. The van der Waals surface area contributed by atoms with E-state index in [1.807, 2.05) is 83.3 Å². The number of thiophene rings is 2. The van der Waals surface area contributed by atoms with Crippen molar-refractivity contribution in [3.05, 3.63) is 182 Å². The van der Waals surface area contributed by atoms with E-state index in [0.29, 0.717) is 17.5 Å². The maximum absolute atomic E-state index is 4.99. The minimum Gasteiger partial charge on any atom is -0.309 e. The number of hydrogen-bond acceptors (Lipinski definition) is 5. The topological polar surface area (TPSA) is 43.6 Å². The fourth-order valence-electron chi connectivity index (χ4n) is 8.39. The van der Waals surface area contributed by atoms with Gasteiger partial charge in [-0.25, -0.2) is 15.0 Å². The Morgan fingerprint density at radius 1 is 0.316 bits per heavy atom. The molecule has 0 saturated heterocycles. The van der Waals surface area contributed by atoms with Crippen LogP contribution in [0.1, 0.15) is 0 Å². The fraction of sp³-hybridized carbons (Fsp3) is 0. The molecule has 0 bridgehead atoms. The highest BCUT2D eigenvalue weighted by molar-refractivity contribution is 7.26. The Morgan fingerprint density at radius 3 is 1.49 bits per heavy atom. The molecule has 0 unspecified atom stereocenters. The largest absolute Gasteiger partial charge is 0.309 e. The van der Waals surface area contributed by atoms with Gasteiger partial charge in [0.15, 0.2) is 17.5 Å². The first kappa shape index (κ1) is 32.3. The van der Waals surface area contributed by atoms with Gasteiger partial charge in [-0.3, -0.25) is 0 Å². The second-order valence-corrected chi connectivity index (χ2v) is 16.6. The SMILES string of the molecule is c1ccc(-c2nc(-c3ccccc3)nc(-c3ccc4c(c3)sc3ccc(-c5ccc6sc7cccc(-n8c9ccccc9c9ccccc98)c7c6c5)cc34)n2)cc1. The Hall–Kier alpha value is -6.99. The molecular weight excluding hydrogens is 733 g/mol. The van der Waals surface area contributed by atoms with Crippen LogP contribution < -0.4 is 0 Å². The Kier molecular flexibility index (Phi) is 7.24. The molecular formula is C51H30N4S2. The molecule has 12 rings (SSSR count). The maximum Gasteiger partial charge on any atom is 0.164 e. The first-order chi connectivity index (χ1) is 28.2. The number of aromatic nitrogens is 4. The summed E-state index contributed by atoms with van der Waals surface area (Å²) in [4.78, 5) is 14.9. The molecule has 0 aliphatic heterocycles. The lowest BCUT2D eigenvalue weighted by atomic mass is 10.00. The van der Waals surface area contributed by atoms with E-state index >= 15 is 0 Å². The van der Waals surface area contributed by atoms with Crippen LogP contribution >= 0.6 is 22.7 Å². The van der Waals surface area contributed by atoms with Gasteiger partial charge in [-0.2, -0.15) is 0 Å². The van der Waals surface area contributed by atoms with Gasteiger partial charge in [-0.15, -0.1) is 22.7 Å². The van der Waals surface area contributed by atoms with Crippen molar-refractivity contribution in [1.82, 2.24) is 19.5 Å². The van der Waals surface area contributed by atoms with E-state index in [1.54, 1.807) is 0 Å². The van der Waals surface area contributed by atoms with Crippen LogP contribution in [0.3, 0.4) is 0 Å². The van der Waals surface area contributed by atoms with E-state index in [-0.39, 0.29) is 0 Å². The van der Waals surface area contributed by atoms with Crippen LogP contribution in [0.25, 0.3) is 113 Å². The van der Waals surface area contributed by atoms with Gasteiger partial charge < -0.3 is 4.57 Å². The quantitative estimate of drug-likeness (QED) is 0.175. The molecule has 4 heterocycles. The Labute approximate surface area is 335 Å². The molecule has 0 spiro atoms. The molecule has 57 heavy (non-hydrogen) atoms. The van der Waals surface area contributed by atoms with Crippen molar-refractivity contribution in [2.45, 2.75) is 0 Å². The van der Waals surface area contributed by atoms with Gasteiger partial charge in [0.2, 0.25) is 0 Å². The third-order valence-corrected chi connectivity index (χ3v) is 13.3. The zero-order valence-electron chi connectivity index (χ0n) is 30.4. The normalized spacial score (nSPS) is 11.9. The zero-order valence-corrected chi connectivity index (χ0v) is 32.1. The molecule has 6 heteroatoms. The van der Waals surface area contributed by atoms with Crippen molar-refractivity contribution in [1.29, 1.82) is 0 Å². The van der Waals surface area contributed by atoms with E-state index in [4.69, 9.17) is 15.0 Å². The van der Waals surface area contributed by atoms with E-state index in [1.165, 1.54) is 79.0 Å². The molecule has 0 aliphatic carbocycles. The third kappa shape index (κ3) is 5.22. The van der Waals surface area contributed by atoms with Gasteiger partial charge in [0, 0.05) is 67.8 Å². The lowest BCUT2D eigenvalue weighted by Crippen LogP contribution is -1.99. The Bertz CT molecular complexity index is 3410. The number of hydrogen-bond donors (Lipinski definition) is 0. The van der Waals surface area contributed by atoms with Crippen molar-refractivity contribution < 1.29 is 0 Å². The van der Waals surface area contributed by atoms with E-state index in [2.05, 4.69) is 126 Å². The predicted molar refractivity (Wildman–Crippen MR) is 242 cm³/mol. The standard InChI is InChI=1S/C51H30N4S2/c1-3-12-31(13-4-1)49-52-50(32-14-5-2-6-15-32)54-51(53-49)35-22-25-38-39-28-33(23-26-44(39)57-47(38)30-35)34-24-27-45-40(29-34)48-43(20-11-21-46(48)56-45)55-41-18-9-7-16-36(41)37-17-8-10-19-42(37)55/h1-30H. The number of benzene rings is 8. The average molecular weight is 763 g/mol. The molecule has 0 atom stereocenters. The Balaban J connectivity index is 0.977. The van der Waals surface area contributed by atoms with Gasteiger partial charge in [-0.1, -0.05) is 127 Å². The summed E-state index contributed by atoms with van der Waals surface area (Å²) < 4.78 is 7.50. The molecule has 8 aromatic carbocycles. The van der Waals surface area contributed by atoms with Gasteiger partial charge >= 0.3 is 0 Å². The van der Waals surface area contributed by atoms with Crippen LogP contribution in [0, 0.1) is 0 Å². The molecule has 0 amide bonds. The van der Waals surface area contributed by atoms with Crippen molar-refractivity contribution in [3.8, 4) is 51.0 Å². The molecule has 12 aromatic rings. The van der Waals surface area contributed by atoms with Gasteiger partial charge in [0.25, 0.3) is 0 Å². The van der Waals surface area contributed by atoms with Gasteiger partial charge in [-0.05, 0) is 65.7 Å². The predicted octanol–water partition coefficient (Wildman–Crippen LogP) is 14.4. The minimum absolute atomic E-state index is 0.665. The van der Waals surface area contributed by atoms with Crippen molar-refractivity contribution in [2.24, 2.45) is 0 Å². The number of fused-ring (bicyclic) bond motifs is 9. The number of para-hydroxylation sites is 2. The zero-order chi connectivity index (χ0) is 37.5. The maximum atomic E-state index is 4.99. The van der Waals surface area contributed by atoms with Crippen LogP contribution in [0.15, 0.2) is 182 Å². The van der Waals surface area contributed by atoms with Gasteiger partial charge in [0.1, 0.15) is 0 Å². The fourth-order valence-corrected chi connectivity index (χ4v) is 10.6. The highest BCUT2D eigenvalue weighted by Gasteiger charge is 2.18. The second kappa shape index (κ2) is 12.8. The molecule has 4 aromatic heterocycles. The summed E-state index contributed by atoms with van der Waals surface area (Å²) in [7, 11) is 0. The van der Waals surface area contributed by atoms with Crippen LogP contribution in [0.2, 0.25) is 0 Å². The van der Waals surface area contributed by atoms with E-state index < -0.39 is 0 Å². The lowest BCUT2D eigenvalue weighted by molar-refractivity contribution is 1.07. The summed E-state index contributed by atoms with van der Waals surface area (Å²) in [6.45, 7) is 0. The average Bonchev–Trinajstić information content (AvgIpc) is 3.95. The van der Waals surface area contributed by atoms with E-state index in [9.17, 15) is 0 Å². The summed E-state index contributed by atoms with van der Waals surface area (Å²) in [6.07, 6.45) is 0. The molecule has 0 fully saturated rings. The molecule has 0 radical (unpaired) electrons. The molecule has 0 saturated carbocycles. The van der Waals surface area contributed by atoms with Crippen molar-refractivity contribution >= 4 is 84.8 Å². The van der Waals surface area contributed by atoms with Crippen LogP contribution in [-0.4, -0.2) is 19.5 Å².